The first-order valence-corrected chi connectivity index (χ1v) is 7.54. The van der Waals surface area contributed by atoms with Gasteiger partial charge in [-0.3, -0.25) is 4.79 Å². The Kier molecular flexibility index (Phi) is 5.04. The molecule has 1 fully saturated rings. The third kappa shape index (κ3) is 3.20. The van der Waals surface area contributed by atoms with E-state index < -0.39 is 0 Å². The Morgan fingerprint density at radius 3 is 3.00 bits per heavy atom. The van der Waals surface area contributed by atoms with Crippen LogP contribution in [-0.4, -0.2) is 44.1 Å². The van der Waals surface area contributed by atoms with E-state index in [9.17, 15) is 4.79 Å². The molecule has 4 nitrogen and oxygen atoms in total. The highest BCUT2D eigenvalue weighted by Crippen LogP contribution is 2.24. The standard InChI is InChI=1S/C14H19IN2O2/c1-16-9-10-4-3-7-17(10)14(18)12-6-5-11(19-2)8-13(12)15/h5-6,8,10,16H,3-4,7,9H2,1-2H3. The number of halogens is 1. The molecule has 1 aromatic rings. The van der Waals surface area contributed by atoms with E-state index in [-0.39, 0.29) is 5.91 Å². The molecule has 1 aliphatic rings. The van der Waals surface area contributed by atoms with Crippen LogP contribution in [0.5, 0.6) is 5.75 Å². The Hall–Kier alpha value is -0.820. The third-order valence-electron chi connectivity index (χ3n) is 3.48. The average molecular weight is 374 g/mol. The van der Waals surface area contributed by atoms with E-state index >= 15 is 0 Å². The number of amides is 1. The van der Waals surface area contributed by atoms with Crippen molar-refractivity contribution in [2.75, 3.05) is 27.2 Å². The number of likely N-dealkylation sites (N-methyl/N-ethyl adjacent to an activating group) is 1. The molecule has 1 N–H and O–H groups in total. The zero-order valence-electron chi connectivity index (χ0n) is 11.3. The molecule has 0 radical (unpaired) electrons. The molecule has 0 saturated carbocycles. The quantitative estimate of drug-likeness (QED) is 0.822. The lowest BCUT2D eigenvalue weighted by Gasteiger charge is -2.25. The third-order valence-corrected chi connectivity index (χ3v) is 4.38. The molecule has 0 aromatic heterocycles. The van der Waals surface area contributed by atoms with Crippen LogP contribution in [0.15, 0.2) is 18.2 Å². The lowest BCUT2D eigenvalue weighted by atomic mass is 10.1. The molecule has 1 aromatic carbocycles. The van der Waals surface area contributed by atoms with Crippen LogP contribution >= 0.6 is 22.6 Å². The van der Waals surface area contributed by atoms with Crippen molar-refractivity contribution in [3.8, 4) is 5.75 Å². The lowest BCUT2D eigenvalue weighted by molar-refractivity contribution is 0.0736. The van der Waals surface area contributed by atoms with Crippen molar-refractivity contribution in [1.29, 1.82) is 0 Å². The van der Waals surface area contributed by atoms with Gasteiger partial charge in [0.2, 0.25) is 0 Å². The lowest BCUT2D eigenvalue weighted by Crippen LogP contribution is -2.41. The van der Waals surface area contributed by atoms with E-state index in [1.54, 1.807) is 7.11 Å². The minimum Gasteiger partial charge on any atom is -0.497 e. The summed E-state index contributed by atoms with van der Waals surface area (Å²) < 4.78 is 6.12. The molecule has 1 unspecified atom stereocenters. The van der Waals surface area contributed by atoms with Gasteiger partial charge in [-0.15, -0.1) is 0 Å². The first-order chi connectivity index (χ1) is 9.17. The van der Waals surface area contributed by atoms with Crippen LogP contribution in [-0.2, 0) is 0 Å². The second-order valence-electron chi connectivity index (χ2n) is 4.70. The molecule has 104 valence electrons. The van der Waals surface area contributed by atoms with E-state index in [0.717, 1.165) is 40.8 Å². The van der Waals surface area contributed by atoms with Gasteiger partial charge in [0.05, 0.1) is 12.7 Å². The van der Waals surface area contributed by atoms with Crippen molar-refractivity contribution in [3.63, 3.8) is 0 Å². The Morgan fingerprint density at radius 1 is 1.58 bits per heavy atom. The second-order valence-corrected chi connectivity index (χ2v) is 5.86. The maximum Gasteiger partial charge on any atom is 0.255 e. The summed E-state index contributed by atoms with van der Waals surface area (Å²) in [6.07, 6.45) is 2.17. The molecule has 5 heteroatoms. The summed E-state index contributed by atoms with van der Waals surface area (Å²) in [6, 6.07) is 5.92. The van der Waals surface area contributed by atoms with Gasteiger partial charge in [0.15, 0.2) is 0 Å². The smallest absolute Gasteiger partial charge is 0.255 e. The predicted octanol–water partition coefficient (Wildman–Crippen LogP) is 2.12. The van der Waals surface area contributed by atoms with E-state index in [1.165, 1.54) is 0 Å². The van der Waals surface area contributed by atoms with E-state index in [4.69, 9.17) is 4.74 Å². The van der Waals surface area contributed by atoms with Gasteiger partial charge in [0, 0.05) is 22.7 Å². The molecule has 1 amide bonds. The zero-order valence-corrected chi connectivity index (χ0v) is 13.4. The average Bonchev–Trinajstić information content (AvgIpc) is 2.86. The SMILES string of the molecule is CNCC1CCCN1C(=O)c1ccc(OC)cc1I. The summed E-state index contributed by atoms with van der Waals surface area (Å²) in [5.41, 5.74) is 0.768. The van der Waals surface area contributed by atoms with Gasteiger partial charge in [-0.25, -0.2) is 0 Å². The number of rotatable bonds is 4. The molecule has 1 atom stereocenters. The largest absolute Gasteiger partial charge is 0.497 e. The molecular formula is C14H19IN2O2. The van der Waals surface area contributed by atoms with Crippen LogP contribution in [0.1, 0.15) is 23.2 Å². The minimum atomic E-state index is 0.129. The van der Waals surface area contributed by atoms with E-state index in [0.29, 0.717) is 6.04 Å². The number of carbonyl (C=O) groups excluding carboxylic acids is 1. The maximum atomic E-state index is 12.6. The highest BCUT2D eigenvalue weighted by Gasteiger charge is 2.29. The van der Waals surface area contributed by atoms with Gasteiger partial charge < -0.3 is 15.0 Å². The number of hydrogen-bond acceptors (Lipinski definition) is 3. The van der Waals surface area contributed by atoms with Crippen LogP contribution < -0.4 is 10.1 Å². The fraction of sp³-hybridized carbons (Fsp3) is 0.500. The number of carbonyl (C=O) groups is 1. The normalized spacial score (nSPS) is 18.7. The summed E-state index contributed by atoms with van der Waals surface area (Å²) in [4.78, 5) is 14.6. The minimum absolute atomic E-state index is 0.129. The number of methoxy groups -OCH3 is 1. The van der Waals surface area contributed by atoms with Crippen LogP contribution in [0.3, 0.4) is 0 Å². The van der Waals surface area contributed by atoms with Gasteiger partial charge in [-0.05, 0) is 60.7 Å². The first-order valence-electron chi connectivity index (χ1n) is 6.46. The molecule has 2 rings (SSSR count). The predicted molar refractivity (Wildman–Crippen MR) is 83.7 cm³/mol. The molecule has 0 bridgehead atoms. The number of benzene rings is 1. The molecule has 1 saturated heterocycles. The number of ether oxygens (including phenoxy) is 1. The van der Waals surface area contributed by atoms with Gasteiger partial charge >= 0.3 is 0 Å². The maximum absolute atomic E-state index is 12.6. The zero-order chi connectivity index (χ0) is 13.8. The number of nitrogens with one attached hydrogen (secondary N) is 1. The van der Waals surface area contributed by atoms with Crippen LogP contribution in [0.4, 0.5) is 0 Å². The molecule has 19 heavy (non-hydrogen) atoms. The molecule has 1 heterocycles. The Bertz CT molecular complexity index is 465. The summed E-state index contributed by atoms with van der Waals surface area (Å²) >= 11 is 2.20. The first kappa shape index (κ1) is 14.6. The second kappa shape index (κ2) is 6.56. The summed E-state index contributed by atoms with van der Waals surface area (Å²) in [5, 5.41) is 3.16. The number of hydrogen-bond donors (Lipinski definition) is 1. The summed E-state index contributed by atoms with van der Waals surface area (Å²) in [5.74, 6) is 0.916. The monoisotopic (exact) mass is 374 g/mol. The summed E-state index contributed by atoms with van der Waals surface area (Å²) in [7, 11) is 3.56. The van der Waals surface area contributed by atoms with Gasteiger partial charge in [-0.2, -0.15) is 0 Å². The Morgan fingerprint density at radius 2 is 2.37 bits per heavy atom. The molecule has 0 aliphatic carbocycles. The van der Waals surface area contributed by atoms with Crippen LogP contribution in [0.25, 0.3) is 0 Å². The van der Waals surface area contributed by atoms with Crippen LogP contribution in [0.2, 0.25) is 0 Å². The van der Waals surface area contributed by atoms with Crippen molar-refractivity contribution in [2.24, 2.45) is 0 Å². The topological polar surface area (TPSA) is 41.6 Å². The highest BCUT2D eigenvalue weighted by molar-refractivity contribution is 14.1. The van der Waals surface area contributed by atoms with Crippen molar-refractivity contribution >= 4 is 28.5 Å². The number of nitrogens with zero attached hydrogens (tertiary/aromatic N) is 1. The van der Waals surface area contributed by atoms with Crippen molar-refractivity contribution < 1.29 is 9.53 Å². The van der Waals surface area contributed by atoms with Gasteiger partial charge in [-0.1, -0.05) is 0 Å². The van der Waals surface area contributed by atoms with Crippen molar-refractivity contribution in [3.05, 3.63) is 27.3 Å². The van der Waals surface area contributed by atoms with E-state index in [1.807, 2.05) is 30.1 Å². The summed E-state index contributed by atoms with van der Waals surface area (Å²) in [6.45, 7) is 1.71. The molecular weight excluding hydrogens is 355 g/mol. The molecule has 1 aliphatic heterocycles. The van der Waals surface area contributed by atoms with E-state index in [2.05, 4.69) is 27.9 Å². The van der Waals surface area contributed by atoms with Crippen molar-refractivity contribution in [2.45, 2.75) is 18.9 Å². The van der Waals surface area contributed by atoms with Crippen LogP contribution in [0, 0.1) is 3.57 Å². The molecule has 0 spiro atoms. The van der Waals surface area contributed by atoms with Gasteiger partial charge in [0.1, 0.15) is 5.75 Å². The fourth-order valence-corrected chi connectivity index (χ4v) is 3.22. The fourth-order valence-electron chi connectivity index (χ4n) is 2.50. The Balaban J connectivity index is 2.19. The number of likely N-dealkylation sites (tertiary alicyclic amines) is 1. The van der Waals surface area contributed by atoms with Gasteiger partial charge in [0.25, 0.3) is 5.91 Å². The van der Waals surface area contributed by atoms with Crippen molar-refractivity contribution in [1.82, 2.24) is 10.2 Å². The Labute approximate surface area is 127 Å². The highest BCUT2D eigenvalue weighted by atomic mass is 127.